The normalized spacial score (nSPS) is 22.7. The van der Waals surface area contributed by atoms with Gasteiger partial charge >= 0.3 is 11.9 Å². The van der Waals surface area contributed by atoms with E-state index in [2.05, 4.69) is 0 Å². The molecule has 0 unspecified atom stereocenters. The Bertz CT molecular complexity index is 468. The average Bonchev–Trinajstić information content (AvgIpc) is 2.79. The molecule has 0 radical (unpaired) electrons. The Morgan fingerprint density at radius 3 is 2.89 bits per heavy atom. The predicted molar refractivity (Wildman–Crippen MR) is 62.1 cm³/mol. The van der Waals surface area contributed by atoms with Gasteiger partial charge in [0.15, 0.2) is 0 Å². The molecule has 0 spiro atoms. The highest BCUT2D eigenvalue weighted by molar-refractivity contribution is 5.91. The first-order valence-electron chi connectivity index (χ1n) is 5.65. The van der Waals surface area contributed by atoms with Crippen molar-refractivity contribution in [2.45, 2.75) is 18.4 Å². The van der Waals surface area contributed by atoms with Crippen molar-refractivity contribution in [2.75, 3.05) is 13.7 Å². The zero-order valence-corrected chi connectivity index (χ0v) is 9.96. The van der Waals surface area contributed by atoms with Crippen molar-refractivity contribution >= 4 is 11.9 Å². The molecule has 0 amide bonds. The van der Waals surface area contributed by atoms with Crippen LogP contribution in [0.4, 0.5) is 0 Å². The zero-order valence-electron chi connectivity index (χ0n) is 9.96. The van der Waals surface area contributed by atoms with Gasteiger partial charge in [-0.25, -0.2) is 4.79 Å². The third kappa shape index (κ3) is 2.22. The van der Waals surface area contributed by atoms with Gasteiger partial charge in [0, 0.05) is 5.92 Å². The number of esters is 2. The second kappa shape index (κ2) is 5.18. The molecule has 96 valence electrons. The minimum absolute atomic E-state index is 0.166. The molecule has 2 atom stereocenters. The molecule has 1 aliphatic heterocycles. The number of carbonyl (C=O) groups is 2. The molecular weight excluding hydrogens is 236 g/mol. The van der Waals surface area contributed by atoms with E-state index in [1.807, 2.05) is 0 Å². The van der Waals surface area contributed by atoms with Gasteiger partial charge in [-0.15, -0.1) is 0 Å². The Kier molecular flexibility index (Phi) is 3.62. The van der Waals surface area contributed by atoms with Crippen LogP contribution in [0.5, 0.6) is 0 Å². The molecule has 2 rings (SSSR count). The highest BCUT2D eigenvalue weighted by atomic mass is 16.6. The highest BCUT2D eigenvalue weighted by Gasteiger charge is 2.37. The predicted octanol–water partition coefficient (Wildman–Crippen LogP) is 0.865. The number of hydrogen-bond donors (Lipinski definition) is 1. The smallest absolute Gasteiger partial charge is 0.338 e. The Hall–Kier alpha value is -1.88. The molecule has 5 nitrogen and oxygen atoms in total. The van der Waals surface area contributed by atoms with Gasteiger partial charge in [0.25, 0.3) is 0 Å². The van der Waals surface area contributed by atoms with Crippen LogP contribution in [0.25, 0.3) is 0 Å². The minimum Gasteiger partial charge on any atom is -0.465 e. The van der Waals surface area contributed by atoms with E-state index in [1.165, 1.54) is 7.11 Å². The van der Waals surface area contributed by atoms with Crippen LogP contribution in [0.3, 0.4) is 0 Å². The average molecular weight is 250 g/mol. The Morgan fingerprint density at radius 1 is 1.50 bits per heavy atom. The number of cyclic esters (lactones) is 1. The summed E-state index contributed by atoms with van der Waals surface area (Å²) in [7, 11) is 1.30. The van der Waals surface area contributed by atoms with Crippen molar-refractivity contribution in [3.63, 3.8) is 0 Å². The van der Waals surface area contributed by atoms with E-state index in [0.29, 0.717) is 11.1 Å². The van der Waals surface area contributed by atoms with Gasteiger partial charge in [0.1, 0.15) is 6.10 Å². The number of carbonyl (C=O) groups excluding carboxylic acids is 2. The van der Waals surface area contributed by atoms with Crippen molar-refractivity contribution in [1.29, 1.82) is 0 Å². The maximum absolute atomic E-state index is 11.7. The first-order valence-corrected chi connectivity index (χ1v) is 5.65. The Labute approximate surface area is 104 Å². The van der Waals surface area contributed by atoms with Crippen LogP contribution in [0.2, 0.25) is 0 Å². The zero-order chi connectivity index (χ0) is 13.1. The summed E-state index contributed by atoms with van der Waals surface area (Å²) in [5.41, 5.74) is 1.08. The van der Waals surface area contributed by atoms with E-state index in [1.54, 1.807) is 24.3 Å². The van der Waals surface area contributed by atoms with Crippen molar-refractivity contribution in [2.24, 2.45) is 0 Å². The van der Waals surface area contributed by atoms with E-state index in [4.69, 9.17) is 9.47 Å². The van der Waals surface area contributed by atoms with Crippen LogP contribution in [-0.4, -0.2) is 36.9 Å². The van der Waals surface area contributed by atoms with E-state index in [9.17, 15) is 14.7 Å². The molecule has 1 heterocycles. The molecule has 18 heavy (non-hydrogen) atoms. The Morgan fingerprint density at radius 2 is 2.22 bits per heavy atom. The summed E-state index contributed by atoms with van der Waals surface area (Å²) in [6.45, 7) is -0.258. The van der Waals surface area contributed by atoms with Crippen LogP contribution in [0, 0.1) is 0 Å². The van der Waals surface area contributed by atoms with Crippen molar-refractivity contribution in [3.05, 3.63) is 35.4 Å². The lowest BCUT2D eigenvalue weighted by atomic mass is 9.89. The SMILES string of the molecule is COC(=O)c1ccccc1[C@H]1CC(=O)O[C@@H]1CO. The number of benzene rings is 1. The number of aliphatic hydroxyl groups excluding tert-OH is 1. The summed E-state index contributed by atoms with van der Waals surface area (Å²) >= 11 is 0. The van der Waals surface area contributed by atoms with Crippen molar-refractivity contribution in [3.8, 4) is 0 Å². The van der Waals surface area contributed by atoms with Crippen LogP contribution in [-0.2, 0) is 14.3 Å². The van der Waals surface area contributed by atoms with Crippen LogP contribution < -0.4 is 0 Å². The summed E-state index contributed by atoms with van der Waals surface area (Å²) in [6.07, 6.45) is -0.428. The largest absolute Gasteiger partial charge is 0.465 e. The number of methoxy groups -OCH3 is 1. The lowest BCUT2D eigenvalue weighted by molar-refractivity contribution is -0.142. The highest BCUT2D eigenvalue weighted by Crippen LogP contribution is 2.34. The lowest BCUT2D eigenvalue weighted by Gasteiger charge is -2.17. The molecular formula is C13H14O5. The van der Waals surface area contributed by atoms with Gasteiger partial charge in [0.05, 0.1) is 25.7 Å². The Balaban J connectivity index is 2.38. The van der Waals surface area contributed by atoms with Gasteiger partial charge in [-0.2, -0.15) is 0 Å². The van der Waals surface area contributed by atoms with E-state index in [-0.39, 0.29) is 24.9 Å². The van der Waals surface area contributed by atoms with Crippen molar-refractivity contribution < 1.29 is 24.2 Å². The quantitative estimate of drug-likeness (QED) is 0.806. The van der Waals surface area contributed by atoms with Crippen molar-refractivity contribution in [1.82, 2.24) is 0 Å². The number of hydrogen-bond acceptors (Lipinski definition) is 5. The van der Waals surface area contributed by atoms with Crippen LogP contribution in [0.15, 0.2) is 24.3 Å². The minimum atomic E-state index is -0.594. The summed E-state index contributed by atoms with van der Waals surface area (Å²) in [4.78, 5) is 23.0. The fourth-order valence-electron chi connectivity index (χ4n) is 2.20. The topological polar surface area (TPSA) is 72.8 Å². The second-order valence-corrected chi connectivity index (χ2v) is 4.10. The first kappa shape index (κ1) is 12.6. The molecule has 0 aromatic heterocycles. The molecule has 0 saturated carbocycles. The molecule has 0 aliphatic carbocycles. The third-order valence-electron chi connectivity index (χ3n) is 3.06. The first-order chi connectivity index (χ1) is 8.67. The molecule has 1 fully saturated rings. The van der Waals surface area contributed by atoms with E-state index < -0.39 is 12.1 Å². The lowest BCUT2D eigenvalue weighted by Crippen LogP contribution is -2.21. The van der Waals surface area contributed by atoms with Gasteiger partial charge in [-0.05, 0) is 11.6 Å². The van der Waals surface area contributed by atoms with Gasteiger partial charge < -0.3 is 14.6 Å². The summed E-state index contributed by atoms with van der Waals surface area (Å²) < 4.78 is 9.71. The fourth-order valence-corrected chi connectivity index (χ4v) is 2.20. The maximum atomic E-state index is 11.7. The molecule has 1 aliphatic rings. The maximum Gasteiger partial charge on any atom is 0.338 e. The molecule has 1 N–H and O–H groups in total. The molecule has 1 saturated heterocycles. The standard InChI is InChI=1S/C13H14O5/c1-17-13(16)9-5-3-2-4-8(9)10-6-12(15)18-11(10)7-14/h2-5,10-11,14H,6-7H2,1H3/t10-,11-/m1/s1. The third-order valence-corrected chi connectivity index (χ3v) is 3.06. The van der Waals surface area contributed by atoms with Gasteiger partial charge in [0.2, 0.25) is 0 Å². The van der Waals surface area contributed by atoms with Gasteiger partial charge in [-0.3, -0.25) is 4.79 Å². The van der Waals surface area contributed by atoms with Crippen LogP contribution >= 0.6 is 0 Å². The second-order valence-electron chi connectivity index (χ2n) is 4.10. The summed E-state index contributed by atoms with van der Waals surface area (Å²) in [5.74, 6) is -1.13. The molecule has 5 heteroatoms. The molecule has 0 bridgehead atoms. The monoisotopic (exact) mass is 250 g/mol. The van der Waals surface area contributed by atoms with Crippen LogP contribution in [0.1, 0.15) is 28.3 Å². The van der Waals surface area contributed by atoms with E-state index in [0.717, 1.165) is 0 Å². The number of rotatable bonds is 3. The summed E-state index contributed by atoms with van der Waals surface area (Å²) in [5, 5.41) is 9.21. The fraction of sp³-hybridized carbons (Fsp3) is 0.385. The number of ether oxygens (including phenoxy) is 2. The number of aliphatic hydroxyl groups is 1. The van der Waals surface area contributed by atoms with Gasteiger partial charge in [-0.1, -0.05) is 18.2 Å². The summed E-state index contributed by atoms with van der Waals surface area (Å²) in [6, 6.07) is 6.89. The van der Waals surface area contributed by atoms with E-state index >= 15 is 0 Å². The molecule has 1 aromatic rings. The molecule has 1 aromatic carbocycles.